The van der Waals surface area contributed by atoms with E-state index in [1.807, 2.05) is 0 Å². The molecule has 0 saturated heterocycles. The van der Waals surface area contributed by atoms with E-state index < -0.39 is 24.2 Å². The molecule has 7 heteroatoms. The van der Waals surface area contributed by atoms with Gasteiger partial charge in [-0.3, -0.25) is 4.79 Å². The highest BCUT2D eigenvalue weighted by Gasteiger charge is 2.26. The Kier molecular flexibility index (Phi) is 7.50. The molecule has 0 aromatic rings. The van der Waals surface area contributed by atoms with Crippen molar-refractivity contribution in [2.45, 2.75) is 38.9 Å². The zero-order valence-electron chi connectivity index (χ0n) is 10.9. The Hall–Kier alpha value is -1.79. The van der Waals surface area contributed by atoms with Gasteiger partial charge in [0, 0.05) is 12.8 Å². The van der Waals surface area contributed by atoms with Crippen LogP contribution in [0.15, 0.2) is 0 Å². The highest BCUT2D eigenvalue weighted by Crippen LogP contribution is 2.08. The molecule has 0 aromatic heterocycles. The molecule has 18 heavy (non-hydrogen) atoms. The van der Waals surface area contributed by atoms with E-state index in [-0.39, 0.29) is 18.9 Å². The molecule has 104 valence electrons. The van der Waals surface area contributed by atoms with Crippen molar-refractivity contribution in [3.63, 3.8) is 0 Å². The summed E-state index contributed by atoms with van der Waals surface area (Å²) in [7, 11) is 2.38. The molecule has 0 spiro atoms. The fourth-order valence-corrected chi connectivity index (χ4v) is 1.04. The van der Waals surface area contributed by atoms with Crippen LogP contribution in [0.4, 0.5) is 4.79 Å². The van der Waals surface area contributed by atoms with Gasteiger partial charge in [0.05, 0.1) is 20.3 Å². The Balaban J connectivity index is 4.36. The second-order valence-electron chi connectivity index (χ2n) is 3.66. The molecule has 7 nitrogen and oxygen atoms in total. The fraction of sp³-hybridized carbons (Fsp3) is 0.727. The lowest BCUT2D eigenvalue weighted by atomic mass is 10.2. The first-order valence-electron chi connectivity index (χ1n) is 5.42. The van der Waals surface area contributed by atoms with Crippen LogP contribution in [0.2, 0.25) is 0 Å². The molecule has 1 unspecified atom stereocenters. The predicted molar refractivity (Wildman–Crippen MR) is 59.8 cm³/mol. The second kappa shape index (κ2) is 8.32. The van der Waals surface area contributed by atoms with Crippen molar-refractivity contribution < 1.29 is 33.3 Å². The molecule has 0 radical (unpaired) electrons. The third-order valence-corrected chi connectivity index (χ3v) is 1.87. The van der Waals surface area contributed by atoms with Crippen LogP contribution in [0.5, 0.6) is 0 Å². The van der Waals surface area contributed by atoms with Gasteiger partial charge in [-0.1, -0.05) is 0 Å². The summed E-state index contributed by atoms with van der Waals surface area (Å²) in [5.74, 6) is -1.26. The Bertz CT molecular complexity index is 298. The van der Waals surface area contributed by atoms with E-state index in [9.17, 15) is 14.4 Å². The minimum atomic E-state index is -1.18. The van der Waals surface area contributed by atoms with E-state index in [0.717, 1.165) is 7.11 Å². The predicted octanol–water partition coefficient (Wildman–Crippen LogP) is 1.04. The Morgan fingerprint density at radius 1 is 1.00 bits per heavy atom. The summed E-state index contributed by atoms with van der Waals surface area (Å²) in [4.78, 5) is 33.5. The molecule has 0 bridgehead atoms. The van der Waals surface area contributed by atoms with Crippen molar-refractivity contribution in [3.8, 4) is 0 Å². The molecule has 0 amide bonds. The first-order chi connectivity index (χ1) is 8.40. The van der Waals surface area contributed by atoms with Crippen molar-refractivity contribution in [3.05, 3.63) is 0 Å². The van der Waals surface area contributed by atoms with Crippen molar-refractivity contribution >= 4 is 18.1 Å². The van der Waals surface area contributed by atoms with Gasteiger partial charge in [-0.2, -0.15) is 0 Å². The molecular weight excluding hydrogens is 244 g/mol. The van der Waals surface area contributed by atoms with Gasteiger partial charge in [-0.25, -0.2) is 9.59 Å². The van der Waals surface area contributed by atoms with Crippen molar-refractivity contribution in [1.29, 1.82) is 0 Å². The van der Waals surface area contributed by atoms with Gasteiger partial charge in [-0.05, 0) is 13.8 Å². The van der Waals surface area contributed by atoms with Gasteiger partial charge in [0.1, 0.15) is 0 Å². The van der Waals surface area contributed by atoms with E-state index in [0.29, 0.717) is 0 Å². The normalized spacial score (nSPS) is 11.6. The van der Waals surface area contributed by atoms with E-state index in [2.05, 4.69) is 9.47 Å². The van der Waals surface area contributed by atoms with Gasteiger partial charge >= 0.3 is 18.1 Å². The fourth-order valence-electron chi connectivity index (χ4n) is 1.04. The lowest BCUT2D eigenvalue weighted by molar-refractivity contribution is -0.153. The average Bonchev–Trinajstić information content (AvgIpc) is 2.31. The van der Waals surface area contributed by atoms with Crippen LogP contribution in [0.3, 0.4) is 0 Å². The molecule has 1 atom stereocenters. The minimum absolute atomic E-state index is 0.0213. The average molecular weight is 262 g/mol. The first kappa shape index (κ1) is 16.2. The number of ether oxygens (including phenoxy) is 4. The summed E-state index contributed by atoms with van der Waals surface area (Å²) < 4.78 is 18.4. The van der Waals surface area contributed by atoms with Crippen LogP contribution in [0.1, 0.15) is 26.7 Å². The van der Waals surface area contributed by atoms with Crippen molar-refractivity contribution in [2.75, 3.05) is 14.2 Å². The lowest BCUT2D eigenvalue weighted by Crippen LogP contribution is -2.30. The SMILES string of the molecule is COC(=O)CCC(OC(=O)OC(C)C)C(=O)OC. The number of esters is 2. The Labute approximate surface area is 105 Å². The van der Waals surface area contributed by atoms with Gasteiger partial charge in [0.2, 0.25) is 6.10 Å². The zero-order chi connectivity index (χ0) is 14.1. The zero-order valence-corrected chi connectivity index (χ0v) is 10.9. The molecule has 0 rings (SSSR count). The smallest absolute Gasteiger partial charge is 0.469 e. The highest BCUT2D eigenvalue weighted by atomic mass is 16.7. The maximum absolute atomic E-state index is 11.3. The summed E-state index contributed by atoms with van der Waals surface area (Å²) >= 11 is 0. The van der Waals surface area contributed by atoms with Crippen molar-refractivity contribution in [1.82, 2.24) is 0 Å². The monoisotopic (exact) mass is 262 g/mol. The number of carbonyl (C=O) groups excluding carboxylic acids is 3. The van der Waals surface area contributed by atoms with E-state index in [1.54, 1.807) is 13.8 Å². The summed E-state index contributed by atoms with van der Waals surface area (Å²) in [6.45, 7) is 3.28. The number of hydrogen-bond donors (Lipinski definition) is 0. The van der Waals surface area contributed by atoms with Gasteiger partial charge in [0.15, 0.2) is 0 Å². The van der Waals surface area contributed by atoms with E-state index >= 15 is 0 Å². The topological polar surface area (TPSA) is 88.1 Å². The van der Waals surface area contributed by atoms with E-state index in [1.165, 1.54) is 7.11 Å². The first-order valence-corrected chi connectivity index (χ1v) is 5.42. The van der Waals surface area contributed by atoms with Gasteiger partial charge in [-0.15, -0.1) is 0 Å². The van der Waals surface area contributed by atoms with Crippen LogP contribution in [0.25, 0.3) is 0 Å². The summed E-state index contributed by atoms with van der Waals surface area (Å²) in [5, 5.41) is 0. The van der Waals surface area contributed by atoms with Crippen LogP contribution < -0.4 is 0 Å². The molecule has 0 aromatic carbocycles. The summed E-state index contributed by atoms with van der Waals surface area (Å²) in [5.41, 5.74) is 0. The van der Waals surface area contributed by atoms with Crippen LogP contribution in [-0.4, -0.2) is 44.5 Å². The van der Waals surface area contributed by atoms with Crippen LogP contribution >= 0.6 is 0 Å². The van der Waals surface area contributed by atoms with Crippen molar-refractivity contribution in [2.24, 2.45) is 0 Å². The maximum atomic E-state index is 11.3. The molecule has 0 aliphatic carbocycles. The number of methoxy groups -OCH3 is 2. The highest BCUT2D eigenvalue weighted by molar-refractivity contribution is 5.78. The molecule has 0 aliphatic rings. The Morgan fingerprint density at radius 2 is 1.61 bits per heavy atom. The number of hydrogen-bond acceptors (Lipinski definition) is 7. The molecule has 0 heterocycles. The molecule has 0 N–H and O–H groups in total. The van der Waals surface area contributed by atoms with Gasteiger partial charge < -0.3 is 18.9 Å². The minimum Gasteiger partial charge on any atom is -0.469 e. The quantitative estimate of drug-likeness (QED) is 0.522. The number of rotatable bonds is 6. The summed E-state index contributed by atoms with van der Waals surface area (Å²) in [6, 6.07) is 0. The largest absolute Gasteiger partial charge is 0.509 e. The second-order valence-corrected chi connectivity index (χ2v) is 3.66. The van der Waals surface area contributed by atoms with Crippen LogP contribution in [0, 0.1) is 0 Å². The molecular formula is C11H18O7. The van der Waals surface area contributed by atoms with Crippen LogP contribution in [-0.2, 0) is 28.5 Å². The lowest BCUT2D eigenvalue weighted by Gasteiger charge is -2.15. The third-order valence-electron chi connectivity index (χ3n) is 1.87. The molecule has 0 fully saturated rings. The standard InChI is InChI=1S/C11H18O7/c1-7(2)17-11(14)18-8(10(13)16-4)5-6-9(12)15-3/h7-8H,5-6H2,1-4H3. The van der Waals surface area contributed by atoms with E-state index in [4.69, 9.17) is 9.47 Å². The maximum Gasteiger partial charge on any atom is 0.509 e. The summed E-state index contributed by atoms with van der Waals surface area (Å²) in [6.07, 6.45) is -2.61. The molecule has 0 aliphatic heterocycles. The molecule has 0 saturated carbocycles. The Morgan fingerprint density at radius 3 is 2.06 bits per heavy atom. The third kappa shape index (κ3) is 6.72. The number of carbonyl (C=O) groups is 3. The van der Waals surface area contributed by atoms with Gasteiger partial charge in [0.25, 0.3) is 0 Å².